The van der Waals surface area contributed by atoms with Crippen LogP contribution in [0.1, 0.15) is 33.2 Å². The summed E-state index contributed by atoms with van der Waals surface area (Å²) in [6.45, 7) is 2.08. The maximum absolute atomic E-state index is 12.3. The van der Waals surface area contributed by atoms with E-state index in [-0.39, 0.29) is 10.6 Å². The number of carbonyl (C=O) groups excluding carboxylic acids is 1. The Labute approximate surface area is 115 Å². The summed E-state index contributed by atoms with van der Waals surface area (Å²) >= 11 is 3.46. The summed E-state index contributed by atoms with van der Waals surface area (Å²) in [5.41, 5.74) is 2.85. The van der Waals surface area contributed by atoms with Gasteiger partial charge >= 0.3 is 0 Å². The standard InChI is InChI=1S/C15H14BrNO/c1-2-11-4-3-5-13(10-11)15(18)14(16)12-6-8-17-9-7-12/h3-10,14H,2H2,1H3/t14-/m1/s1. The van der Waals surface area contributed by atoms with Crippen LogP contribution in [-0.4, -0.2) is 10.8 Å². The summed E-state index contributed by atoms with van der Waals surface area (Å²) in [6.07, 6.45) is 4.32. The van der Waals surface area contributed by atoms with Gasteiger partial charge in [0.25, 0.3) is 0 Å². The van der Waals surface area contributed by atoms with Crippen LogP contribution in [-0.2, 0) is 6.42 Å². The normalized spacial score (nSPS) is 12.1. The molecule has 0 radical (unpaired) electrons. The van der Waals surface area contributed by atoms with Crippen molar-refractivity contribution in [1.82, 2.24) is 4.98 Å². The fourth-order valence-corrected chi connectivity index (χ4v) is 2.34. The second kappa shape index (κ2) is 5.91. The number of ketones is 1. The van der Waals surface area contributed by atoms with Crippen LogP contribution in [0.3, 0.4) is 0 Å². The van der Waals surface area contributed by atoms with Crippen molar-refractivity contribution in [2.75, 3.05) is 0 Å². The number of hydrogen-bond acceptors (Lipinski definition) is 2. The molecular weight excluding hydrogens is 290 g/mol. The molecule has 0 bridgehead atoms. The molecule has 18 heavy (non-hydrogen) atoms. The van der Waals surface area contributed by atoms with Gasteiger partial charge in [0, 0.05) is 18.0 Å². The van der Waals surface area contributed by atoms with Crippen LogP contribution in [0.4, 0.5) is 0 Å². The Balaban J connectivity index is 2.25. The highest BCUT2D eigenvalue weighted by atomic mass is 79.9. The molecule has 1 heterocycles. The smallest absolute Gasteiger partial charge is 0.180 e. The van der Waals surface area contributed by atoms with E-state index in [1.54, 1.807) is 12.4 Å². The van der Waals surface area contributed by atoms with Gasteiger partial charge in [-0.15, -0.1) is 0 Å². The van der Waals surface area contributed by atoms with Crippen molar-refractivity contribution in [3.63, 3.8) is 0 Å². The fourth-order valence-electron chi connectivity index (χ4n) is 1.77. The second-order valence-electron chi connectivity index (χ2n) is 4.06. The number of Topliss-reactive ketones (excluding diaryl/α,β-unsaturated/α-hetero) is 1. The maximum atomic E-state index is 12.3. The Morgan fingerprint density at radius 3 is 2.67 bits per heavy atom. The Morgan fingerprint density at radius 2 is 2.00 bits per heavy atom. The first-order chi connectivity index (χ1) is 8.72. The highest BCUT2D eigenvalue weighted by molar-refractivity contribution is 9.09. The summed E-state index contributed by atoms with van der Waals surface area (Å²) in [5.74, 6) is 0.0801. The predicted molar refractivity (Wildman–Crippen MR) is 76.1 cm³/mol. The summed E-state index contributed by atoms with van der Waals surface area (Å²) in [7, 11) is 0. The van der Waals surface area contributed by atoms with E-state index in [4.69, 9.17) is 0 Å². The molecule has 1 atom stereocenters. The second-order valence-corrected chi connectivity index (χ2v) is 4.98. The minimum absolute atomic E-state index is 0.0801. The highest BCUT2D eigenvalue weighted by Gasteiger charge is 2.18. The van der Waals surface area contributed by atoms with Crippen molar-refractivity contribution in [2.24, 2.45) is 0 Å². The number of benzene rings is 1. The Kier molecular flexibility index (Phi) is 4.26. The topological polar surface area (TPSA) is 30.0 Å². The van der Waals surface area contributed by atoms with E-state index in [2.05, 4.69) is 27.8 Å². The lowest BCUT2D eigenvalue weighted by Crippen LogP contribution is -2.07. The van der Waals surface area contributed by atoms with E-state index in [9.17, 15) is 4.79 Å². The summed E-state index contributed by atoms with van der Waals surface area (Å²) in [4.78, 5) is 16.0. The number of aromatic nitrogens is 1. The fraction of sp³-hybridized carbons (Fsp3) is 0.200. The summed E-state index contributed by atoms with van der Waals surface area (Å²) < 4.78 is 0. The number of hydrogen-bond donors (Lipinski definition) is 0. The van der Waals surface area contributed by atoms with Gasteiger partial charge in [0.1, 0.15) is 4.83 Å². The zero-order chi connectivity index (χ0) is 13.0. The number of alkyl halides is 1. The van der Waals surface area contributed by atoms with E-state index >= 15 is 0 Å². The van der Waals surface area contributed by atoms with Gasteiger partial charge in [-0.3, -0.25) is 9.78 Å². The van der Waals surface area contributed by atoms with Gasteiger partial charge in [-0.25, -0.2) is 0 Å². The molecule has 0 spiro atoms. The minimum atomic E-state index is -0.312. The lowest BCUT2D eigenvalue weighted by atomic mass is 10.0. The molecule has 2 nitrogen and oxygen atoms in total. The van der Waals surface area contributed by atoms with Gasteiger partial charge in [-0.05, 0) is 35.7 Å². The van der Waals surface area contributed by atoms with Crippen LogP contribution in [0.15, 0.2) is 48.8 Å². The Morgan fingerprint density at radius 1 is 1.28 bits per heavy atom. The largest absolute Gasteiger partial charge is 0.293 e. The lowest BCUT2D eigenvalue weighted by Gasteiger charge is -2.09. The molecule has 1 aromatic heterocycles. The highest BCUT2D eigenvalue weighted by Crippen LogP contribution is 2.26. The van der Waals surface area contributed by atoms with Crippen molar-refractivity contribution >= 4 is 21.7 Å². The van der Waals surface area contributed by atoms with Crippen LogP contribution >= 0.6 is 15.9 Å². The van der Waals surface area contributed by atoms with Crippen molar-refractivity contribution in [1.29, 1.82) is 0 Å². The van der Waals surface area contributed by atoms with Gasteiger partial charge in [0.2, 0.25) is 0 Å². The molecular formula is C15H14BrNO. The zero-order valence-corrected chi connectivity index (χ0v) is 11.7. The first-order valence-corrected chi connectivity index (χ1v) is 6.81. The predicted octanol–water partition coefficient (Wildman–Crippen LogP) is 3.96. The average molecular weight is 304 g/mol. The third-order valence-corrected chi connectivity index (χ3v) is 3.79. The van der Waals surface area contributed by atoms with Crippen molar-refractivity contribution in [3.8, 4) is 0 Å². The SMILES string of the molecule is CCc1cccc(C(=O)[C@H](Br)c2ccncc2)c1. The molecule has 0 fully saturated rings. The van der Waals surface area contributed by atoms with Gasteiger partial charge in [0.05, 0.1) is 0 Å². The van der Waals surface area contributed by atoms with Gasteiger partial charge < -0.3 is 0 Å². The van der Waals surface area contributed by atoms with Crippen molar-refractivity contribution in [3.05, 3.63) is 65.5 Å². The molecule has 0 aliphatic rings. The Bertz CT molecular complexity index is 539. The van der Waals surface area contributed by atoms with Gasteiger partial charge in [0.15, 0.2) is 5.78 Å². The van der Waals surface area contributed by atoms with E-state index in [0.29, 0.717) is 0 Å². The summed E-state index contributed by atoms with van der Waals surface area (Å²) in [6, 6.07) is 11.5. The lowest BCUT2D eigenvalue weighted by molar-refractivity contribution is 0.0991. The van der Waals surface area contributed by atoms with Gasteiger partial charge in [-0.1, -0.05) is 41.1 Å². The summed E-state index contributed by atoms with van der Waals surface area (Å²) in [5, 5.41) is 0. The van der Waals surface area contributed by atoms with Crippen LogP contribution in [0.5, 0.6) is 0 Å². The molecule has 0 N–H and O–H groups in total. The number of halogens is 1. The molecule has 1 aromatic carbocycles. The molecule has 92 valence electrons. The first kappa shape index (κ1) is 13.0. The number of nitrogens with zero attached hydrogens (tertiary/aromatic N) is 1. The van der Waals surface area contributed by atoms with Crippen molar-refractivity contribution in [2.45, 2.75) is 18.2 Å². The van der Waals surface area contributed by atoms with Gasteiger partial charge in [-0.2, -0.15) is 0 Å². The molecule has 0 aliphatic carbocycles. The molecule has 2 aromatic rings. The van der Waals surface area contributed by atoms with E-state index < -0.39 is 0 Å². The van der Waals surface area contributed by atoms with Crippen molar-refractivity contribution < 1.29 is 4.79 Å². The molecule has 0 aliphatic heterocycles. The molecule has 0 unspecified atom stereocenters. The Hall–Kier alpha value is -1.48. The molecule has 3 heteroatoms. The number of rotatable bonds is 4. The average Bonchev–Trinajstić information content (AvgIpc) is 2.46. The van der Waals surface area contributed by atoms with E-state index in [1.165, 1.54) is 5.56 Å². The minimum Gasteiger partial charge on any atom is -0.293 e. The van der Waals surface area contributed by atoms with Crippen LogP contribution < -0.4 is 0 Å². The quantitative estimate of drug-likeness (QED) is 0.632. The monoisotopic (exact) mass is 303 g/mol. The van der Waals surface area contributed by atoms with Crippen LogP contribution in [0, 0.1) is 0 Å². The van der Waals surface area contributed by atoms with Crippen LogP contribution in [0.2, 0.25) is 0 Å². The van der Waals surface area contributed by atoms with E-state index in [0.717, 1.165) is 17.5 Å². The maximum Gasteiger partial charge on any atom is 0.180 e. The van der Waals surface area contributed by atoms with Crippen LogP contribution in [0.25, 0.3) is 0 Å². The molecule has 2 rings (SSSR count). The molecule has 0 amide bonds. The first-order valence-electron chi connectivity index (χ1n) is 5.89. The molecule has 0 saturated heterocycles. The molecule has 0 saturated carbocycles. The number of aryl methyl sites for hydroxylation is 1. The third-order valence-electron chi connectivity index (χ3n) is 2.85. The number of pyridine rings is 1. The third kappa shape index (κ3) is 2.85. The van der Waals surface area contributed by atoms with E-state index in [1.807, 2.05) is 36.4 Å². The number of carbonyl (C=O) groups is 1. The zero-order valence-electron chi connectivity index (χ0n) is 10.1.